The number of aliphatic hydroxyl groups is 1. The molecule has 3 N–H and O–H groups in total. The van der Waals surface area contributed by atoms with E-state index in [1.54, 1.807) is 0 Å². The zero-order valence-corrected chi connectivity index (χ0v) is 10.1. The first-order chi connectivity index (χ1) is 7.79. The van der Waals surface area contributed by atoms with Gasteiger partial charge in [-0.2, -0.15) is 0 Å². The third kappa shape index (κ3) is 3.17. The van der Waals surface area contributed by atoms with Crippen LogP contribution in [-0.4, -0.2) is 66.3 Å². The first-order valence-electron chi connectivity index (χ1n) is 6.62. The van der Waals surface area contributed by atoms with E-state index in [0.29, 0.717) is 0 Å². The summed E-state index contributed by atoms with van der Waals surface area (Å²) in [6, 6.07) is 0.904. The van der Waals surface area contributed by atoms with Gasteiger partial charge in [0.25, 0.3) is 0 Å². The van der Waals surface area contributed by atoms with Crippen molar-refractivity contribution in [2.45, 2.75) is 37.8 Å². The fourth-order valence-electron chi connectivity index (χ4n) is 3.04. The summed E-state index contributed by atoms with van der Waals surface area (Å²) in [6.07, 6.45) is 4.71. The molecule has 0 amide bonds. The zero-order valence-electron chi connectivity index (χ0n) is 10.1. The molecule has 0 saturated carbocycles. The third-order valence-electron chi connectivity index (χ3n) is 3.88. The molecule has 0 radical (unpaired) electrons. The van der Waals surface area contributed by atoms with E-state index in [-0.39, 0.29) is 12.6 Å². The maximum absolute atomic E-state index is 8.87. The highest BCUT2D eigenvalue weighted by Gasteiger charge is 2.28. The Bertz CT molecular complexity index is 212. The Morgan fingerprint density at radius 1 is 1.25 bits per heavy atom. The van der Waals surface area contributed by atoms with E-state index < -0.39 is 0 Å². The Balaban J connectivity index is 1.81. The summed E-state index contributed by atoms with van der Waals surface area (Å²) in [5.41, 5.74) is 5.99. The van der Waals surface area contributed by atoms with Crippen LogP contribution in [0.2, 0.25) is 0 Å². The van der Waals surface area contributed by atoms with E-state index in [4.69, 9.17) is 10.8 Å². The van der Waals surface area contributed by atoms with E-state index in [0.717, 1.165) is 19.0 Å². The molecule has 16 heavy (non-hydrogen) atoms. The van der Waals surface area contributed by atoms with Gasteiger partial charge in [-0.3, -0.25) is 4.90 Å². The average molecular weight is 227 g/mol. The minimum atomic E-state index is 0.137. The molecule has 2 fully saturated rings. The van der Waals surface area contributed by atoms with Gasteiger partial charge in [-0.25, -0.2) is 0 Å². The topological polar surface area (TPSA) is 52.7 Å². The van der Waals surface area contributed by atoms with Gasteiger partial charge in [-0.15, -0.1) is 0 Å². The summed E-state index contributed by atoms with van der Waals surface area (Å²) in [4.78, 5) is 5.13. The first-order valence-corrected chi connectivity index (χ1v) is 6.62. The smallest absolute Gasteiger partial charge is 0.0446 e. The van der Waals surface area contributed by atoms with E-state index >= 15 is 0 Å². The fourth-order valence-corrected chi connectivity index (χ4v) is 3.04. The molecule has 94 valence electrons. The lowest BCUT2D eigenvalue weighted by molar-refractivity contribution is 0.200. The quantitative estimate of drug-likeness (QED) is 0.702. The Hall–Kier alpha value is -0.160. The second-order valence-electron chi connectivity index (χ2n) is 5.22. The molecule has 0 bridgehead atoms. The van der Waals surface area contributed by atoms with Crippen LogP contribution >= 0.6 is 0 Å². The van der Waals surface area contributed by atoms with E-state index in [1.165, 1.54) is 45.4 Å². The molecular weight excluding hydrogens is 202 g/mol. The lowest BCUT2D eigenvalue weighted by atomic mass is 10.1. The standard InChI is InChI=1S/C12H25N3O/c13-11(4-8-16)9-14-5-2-7-15-6-1-3-12(15)10-14/h11-12,16H,1-10,13H2. The highest BCUT2D eigenvalue weighted by molar-refractivity contribution is 4.85. The van der Waals surface area contributed by atoms with Crippen LogP contribution in [0.3, 0.4) is 0 Å². The summed E-state index contributed by atoms with van der Waals surface area (Å²) in [5, 5.41) is 8.87. The molecule has 2 heterocycles. The Labute approximate surface area is 98.4 Å². The lowest BCUT2D eigenvalue weighted by Gasteiger charge is -2.27. The van der Waals surface area contributed by atoms with Crippen molar-refractivity contribution in [2.24, 2.45) is 5.73 Å². The molecule has 0 aromatic carbocycles. The molecule has 4 nitrogen and oxygen atoms in total. The summed E-state index contributed by atoms with van der Waals surface area (Å²) in [5.74, 6) is 0. The van der Waals surface area contributed by atoms with Crippen molar-refractivity contribution in [3.8, 4) is 0 Å². The van der Waals surface area contributed by atoms with Crippen molar-refractivity contribution in [3.05, 3.63) is 0 Å². The van der Waals surface area contributed by atoms with Crippen molar-refractivity contribution < 1.29 is 5.11 Å². The van der Waals surface area contributed by atoms with E-state index in [9.17, 15) is 0 Å². The molecule has 2 unspecified atom stereocenters. The van der Waals surface area contributed by atoms with Gasteiger partial charge in [-0.1, -0.05) is 0 Å². The van der Waals surface area contributed by atoms with Gasteiger partial charge in [0.2, 0.25) is 0 Å². The van der Waals surface area contributed by atoms with Gasteiger partial charge in [0, 0.05) is 31.8 Å². The third-order valence-corrected chi connectivity index (χ3v) is 3.88. The molecule has 2 rings (SSSR count). The van der Waals surface area contributed by atoms with Gasteiger partial charge in [0.1, 0.15) is 0 Å². The van der Waals surface area contributed by atoms with Gasteiger partial charge >= 0.3 is 0 Å². The summed E-state index contributed by atoms with van der Waals surface area (Å²) < 4.78 is 0. The summed E-state index contributed by atoms with van der Waals surface area (Å²) in [7, 11) is 0. The van der Waals surface area contributed by atoms with Gasteiger partial charge < -0.3 is 15.7 Å². The SMILES string of the molecule is NC(CCO)CN1CCCN2CCCC2C1. The van der Waals surface area contributed by atoms with Crippen LogP contribution in [0.1, 0.15) is 25.7 Å². The monoisotopic (exact) mass is 227 g/mol. The molecule has 0 aliphatic carbocycles. The Kier molecular flexibility index (Phi) is 4.58. The molecule has 2 atom stereocenters. The second kappa shape index (κ2) is 5.96. The predicted octanol–water partition coefficient (Wildman–Crippen LogP) is -0.134. The number of aliphatic hydroxyl groups excluding tert-OH is 1. The van der Waals surface area contributed by atoms with Crippen LogP contribution in [0.25, 0.3) is 0 Å². The van der Waals surface area contributed by atoms with Gasteiger partial charge in [0.05, 0.1) is 0 Å². The van der Waals surface area contributed by atoms with Crippen LogP contribution in [0.5, 0.6) is 0 Å². The summed E-state index contributed by atoms with van der Waals surface area (Å²) >= 11 is 0. The van der Waals surface area contributed by atoms with Crippen LogP contribution in [0.15, 0.2) is 0 Å². The molecule has 2 aliphatic rings. The van der Waals surface area contributed by atoms with Crippen LogP contribution < -0.4 is 5.73 Å². The molecule has 2 saturated heterocycles. The van der Waals surface area contributed by atoms with Crippen molar-refractivity contribution in [3.63, 3.8) is 0 Å². The maximum Gasteiger partial charge on any atom is 0.0446 e. The molecule has 0 spiro atoms. The largest absolute Gasteiger partial charge is 0.396 e. The van der Waals surface area contributed by atoms with Crippen LogP contribution in [-0.2, 0) is 0 Å². The number of hydrogen-bond acceptors (Lipinski definition) is 4. The lowest BCUT2D eigenvalue weighted by Crippen LogP contribution is -2.42. The number of rotatable bonds is 4. The first kappa shape index (κ1) is 12.3. The van der Waals surface area contributed by atoms with Crippen LogP contribution in [0, 0.1) is 0 Å². The van der Waals surface area contributed by atoms with Crippen molar-refractivity contribution in [1.82, 2.24) is 9.80 Å². The summed E-state index contributed by atoms with van der Waals surface area (Å²) in [6.45, 7) is 6.07. The number of hydrogen-bond donors (Lipinski definition) is 2. The number of nitrogens with two attached hydrogens (primary N) is 1. The Morgan fingerprint density at radius 3 is 2.88 bits per heavy atom. The van der Waals surface area contributed by atoms with Crippen LogP contribution in [0.4, 0.5) is 0 Å². The van der Waals surface area contributed by atoms with E-state index in [2.05, 4.69) is 9.80 Å². The second-order valence-corrected chi connectivity index (χ2v) is 5.22. The van der Waals surface area contributed by atoms with Crippen molar-refractivity contribution in [2.75, 3.05) is 39.3 Å². The number of fused-ring (bicyclic) bond motifs is 1. The normalized spacial score (nSPS) is 30.0. The number of nitrogens with zero attached hydrogens (tertiary/aromatic N) is 2. The minimum absolute atomic E-state index is 0.137. The molecule has 0 aromatic rings. The van der Waals surface area contributed by atoms with Gasteiger partial charge in [0.15, 0.2) is 0 Å². The van der Waals surface area contributed by atoms with Crippen molar-refractivity contribution >= 4 is 0 Å². The molecule has 4 heteroatoms. The minimum Gasteiger partial charge on any atom is -0.396 e. The highest BCUT2D eigenvalue weighted by Crippen LogP contribution is 2.21. The predicted molar refractivity (Wildman–Crippen MR) is 65.3 cm³/mol. The van der Waals surface area contributed by atoms with Crippen molar-refractivity contribution in [1.29, 1.82) is 0 Å². The van der Waals surface area contributed by atoms with Gasteiger partial charge in [-0.05, 0) is 45.3 Å². The molecule has 0 aromatic heterocycles. The maximum atomic E-state index is 8.87. The molecular formula is C12H25N3O. The fraction of sp³-hybridized carbons (Fsp3) is 1.00. The zero-order chi connectivity index (χ0) is 11.4. The molecule has 2 aliphatic heterocycles. The van der Waals surface area contributed by atoms with E-state index in [1.807, 2.05) is 0 Å². The highest BCUT2D eigenvalue weighted by atomic mass is 16.3. The Morgan fingerprint density at radius 2 is 2.06 bits per heavy atom. The average Bonchev–Trinajstić information content (AvgIpc) is 2.58.